The van der Waals surface area contributed by atoms with Gasteiger partial charge in [-0.25, -0.2) is 0 Å². The average molecular weight is 338 g/mol. The Labute approximate surface area is 135 Å². The number of halogens is 1. The zero-order chi connectivity index (χ0) is 15.5. The van der Waals surface area contributed by atoms with Gasteiger partial charge in [-0.1, -0.05) is 22.9 Å². The molecule has 1 fully saturated rings. The summed E-state index contributed by atoms with van der Waals surface area (Å²) in [5.41, 5.74) is 0.159. The molecule has 0 unspecified atom stereocenters. The summed E-state index contributed by atoms with van der Waals surface area (Å²) in [4.78, 5) is 27.5. The van der Waals surface area contributed by atoms with Gasteiger partial charge in [0.05, 0.1) is 6.54 Å². The van der Waals surface area contributed by atoms with E-state index in [4.69, 9.17) is 11.6 Å². The zero-order valence-electron chi connectivity index (χ0n) is 11.4. The molecular weight excluding hydrogens is 326 g/mol. The number of nitrogens with zero attached hydrogens (tertiary/aromatic N) is 3. The van der Waals surface area contributed by atoms with E-state index in [0.717, 1.165) is 17.8 Å². The maximum atomic E-state index is 11.8. The van der Waals surface area contributed by atoms with Gasteiger partial charge in [-0.3, -0.25) is 19.9 Å². The van der Waals surface area contributed by atoms with Crippen molar-refractivity contribution in [3.8, 4) is 0 Å². The molecule has 0 radical (unpaired) electrons. The summed E-state index contributed by atoms with van der Waals surface area (Å²) in [6.07, 6.45) is 3.69. The van der Waals surface area contributed by atoms with Gasteiger partial charge < -0.3 is 5.32 Å². The summed E-state index contributed by atoms with van der Waals surface area (Å²) < 4.78 is 0. The van der Waals surface area contributed by atoms with E-state index < -0.39 is 5.91 Å². The number of aromatic nitrogens is 3. The van der Waals surface area contributed by atoms with Crippen molar-refractivity contribution in [2.24, 2.45) is 0 Å². The minimum atomic E-state index is -0.464. The third kappa shape index (κ3) is 3.77. The summed E-state index contributed by atoms with van der Waals surface area (Å²) in [6, 6.07) is 3.00. The van der Waals surface area contributed by atoms with E-state index in [0.29, 0.717) is 16.1 Å². The normalized spacial score (nSPS) is 13.7. The van der Waals surface area contributed by atoms with E-state index in [2.05, 4.69) is 25.8 Å². The van der Waals surface area contributed by atoms with Crippen molar-refractivity contribution >= 4 is 39.9 Å². The molecule has 2 aromatic rings. The summed E-state index contributed by atoms with van der Waals surface area (Å²) in [5.74, 6) is -0.334. The molecule has 0 saturated heterocycles. The first-order chi connectivity index (χ1) is 10.6. The standard InChI is InChI=1S/C13H12ClN5O2S/c14-8-3-4-15-9(5-8)11(21)16-6-10(20)17-13-19-18-12(22-13)7-1-2-7/h3-5,7H,1-2,6H2,(H,16,21)(H,17,19,20). The largest absolute Gasteiger partial charge is 0.342 e. The summed E-state index contributed by atoms with van der Waals surface area (Å²) >= 11 is 7.15. The van der Waals surface area contributed by atoms with Crippen LogP contribution in [-0.2, 0) is 4.79 Å². The molecular formula is C13H12ClN5O2S. The Balaban J connectivity index is 1.50. The number of pyridine rings is 1. The van der Waals surface area contributed by atoms with E-state index in [1.54, 1.807) is 6.07 Å². The quantitative estimate of drug-likeness (QED) is 0.867. The molecule has 0 aromatic carbocycles. The molecule has 0 atom stereocenters. The number of carbonyl (C=O) groups excluding carboxylic acids is 2. The van der Waals surface area contributed by atoms with E-state index in [-0.39, 0.29) is 18.1 Å². The second-order valence-electron chi connectivity index (χ2n) is 4.81. The van der Waals surface area contributed by atoms with Crippen molar-refractivity contribution in [3.63, 3.8) is 0 Å². The molecule has 2 N–H and O–H groups in total. The van der Waals surface area contributed by atoms with Crippen LogP contribution in [0.1, 0.15) is 34.3 Å². The molecule has 2 aromatic heterocycles. The van der Waals surface area contributed by atoms with Crippen molar-refractivity contribution in [2.45, 2.75) is 18.8 Å². The van der Waals surface area contributed by atoms with Gasteiger partial charge in [0.1, 0.15) is 10.7 Å². The van der Waals surface area contributed by atoms with Crippen LogP contribution < -0.4 is 10.6 Å². The van der Waals surface area contributed by atoms with Crippen LogP contribution in [-0.4, -0.2) is 33.5 Å². The van der Waals surface area contributed by atoms with E-state index in [9.17, 15) is 9.59 Å². The lowest BCUT2D eigenvalue weighted by atomic mass is 10.3. The minimum Gasteiger partial charge on any atom is -0.342 e. The molecule has 7 nitrogen and oxygen atoms in total. The van der Waals surface area contributed by atoms with Gasteiger partial charge in [0.15, 0.2) is 0 Å². The Morgan fingerprint density at radius 3 is 2.91 bits per heavy atom. The van der Waals surface area contributed by atoms with Crippen molar-refractivity contribution in [1.82, 2.24) is 20.5 Å². The fourth-order valence-electron chi connectivity index (χ4n) is 1.72. The van der Waals surface area contributed by atoms with Crippen molar-refractivity contribution in [1.29, 1.82) is 0 Å². The third-order valence-electron chi connectivity index (χ3n) is 2.98. The Morgan fingerprint density at radius 2 is 2.18 bits per heavy atom. The van der Waals surface area contributed by atoms with Crippen molar-refractivity contribution in [2.75, 3.05) is 11.9 Å². The second-order valence-corrected chi connectivity index (χ2v) is 6.26. The van der Waals surface area contributed by atoms with Crippen molar-refractivity contribution in [3.05, 3.63) is 34.1 Å². The SMILES string of the molecule is O=C(CNC(=O)c1cc(Cl)ccn1)Nc1nnc(C2CC2)s1. The monoisotopic (exact) mass is 337 g/mol. The Kier molecular flexibility index (Phi) is 4.30. The maximum Gasteiger partial charge on any atom is 0.270 e. The van der Waals surface area contributed by atoms with Crippen LogP contribution >= 0.6 is 22.9 Å². The highest BCUT2D eigenvalue weighted by molar-refractivity contribution is 7.15. The first-order valence-electron chi connectivity index (χ1n) is 6.65. The maximum absolute atomic E-state index is 11.8. The average Bonchev–Trinajstić information content (AvgIpc) is 3.25. The molecule has 1 aliphatic carbocycles. The Morgan fingerprint density at radius 1 is 1.36 bits per heavy atom. The van der Waals surface area contributed by atoms with Gasteiger partial charge in [-0.2, -0.15) is 0 Å². The second kappa shape index (κ2) is 6.37. The van der Waals surface area contributed by atoms with E-state index >= 15 is 0 Å². The minimum absolute atomic E-state index is 0.159. The lowest BCUT2D eigenvalue weighted by Gasteiger charge is -2.04. The molecule has 2 amide bonds. The molecule has 114 valence electrons. The Hall–Kier alpha value is -2.06. The topological polar surface area (TPSA) is 96.9 Å². The fourth-order valence-corrected chi connectivity index (χ4v) is 2.81. The molecule has 0 bridgehead atoms. The van der Waals surface area contributed by atoms with Crippen LogP contribution in [0.2, 0.25) is 5.02 Å². The van der Waals surface area contributed by atoms with Gasteiger partial charge in [-0.05, 0) is 25.0 Å². The molecule has 1 saturated carbocycles. The van der Waals surface area contributed by atoms with Crippen LogP contribution in [0.25, 0.3) is 0 Å². The van der Waals surface area contributed by atoms with Gasteiger partial charge in [0, 0.05) is 17.1 Å². The lowest BCUT2D eigenvalue weighted by Crippen LogP contribution is -2.33. The summed E-state index contributed by atoms with van der Waals surface area (Å²) in [7, 11) is 0. The Bertz CT molecular complexity index is 716. The third-order valence-corrected chi connectivity index (χ3v) is 4.21. The predicted molar refractivity (Wildman–Crippen MR) is 82.1 cm³/mol. The van der Waals surface area contributed by atoms with Gasteiger partial charge in [0.2, 0.25) is 11.0 Å². The van der Waals surface area contributed by atoms with Crippen LogP contribution in [0.4, 0.5) is 5.13 Å². The molecule has 2 heterocycles. The highest BCUT2D eigenvalue weighted by Crippen LogP contribution is 2.41. The first-order valence-corrected chi connectivity index (χ1v) is 7.84. The van der Waals surface area contributed by atoms with Crippen LogP contribution in [0.15, 0.2) is 18.3 Å². The molecule has 3 rings (SSSR count). The number of hydrogen-bond donors (Lipinski definition) is 2. The van der Waals surface area contributed by atoms with Gasteiger partial charge in [0.25, 0.3) is 5.91 Å². The van der Waals surface area contributed by atoms with Crippen LogP contribution in [0, 0.1) is 0 Å². The molecule has 1 aliphatic rings. The number of anilines is 1. The molecule has 0 spiro atoms. The first kappa shape index (κ1) is 14.9. The van der Waals surface area contributed by atoms with Crippen LogP contribution in [0.5, 0.6) is 0 Å². The fraction of sp³-hybridized carbons (Fsp3) is 0.308. The number of nitrogens with one attached hydrogen (secondary N) is 2. The number of amides is 2. The van der Waals surface area contributed by atoms with E-state index in [1.807, 2.05) is 0 Å². The van der Waals surface area contributed by atoms with Gasteiger partial charge >= 0.3 is 0 Å². The summed E-state index contributed by atoms with van der Waals surface area (Å²) in [5, 5.41) is 14.8. The predicted octanol–water partition coefficient (Wildman–Crippen LogP) is 1.83. The summed E-state index contributed by atoms with van der Waals surface area (Å²) in [6.45, 7) is -0.175. The van der Waals surface area contributed by atoms with Gasteiger partial charge in [-0.15, -0.1) is 10.2 Å². The molecule has 9 heteroatoms. The lowest BCUT2D eigenvalue weighted by molar-refractivity contribution is -0.115. The number of hydrogen-bond acceptors (Lipinski definition) is 6. The van der Waals surface area contributed by atoms with Crippen molar-refractivity contribution < 1.29 is 9.59 Å². The number of carbonyl (C=O) groups is 2. The molecule has 0 aliphatic heterocycles. The highest BCUT2D eigenvalue weighted by Gasteiger charge is 2.27. The highest BCUT2D eigenvalue weighted by atomic mass is 35.5. The smallest absolute Gasteiger partial charge is 0.270 e. The molecule has 22 heavy (non-hydrogen) atoms. The number of rotatable bonds is 5. The van der Waals surface area contributed by atoms with E-state index in [1.165, 1.54) is 23.6 Å². The van der Waals surface area contributed by atoms with Crippen LogP contribution in [0.3, 0.4) is 0 Å². The zero-order valence-corrected chi connectivity index (χ0v) is 12.9.